The first-order valence-corrected chi connectivity index (χ1v) is 14.1. The van der Waals surface area contributed by atoms with E-state index in [1.54, 1.807) is 30.0 Å². The quantitative estimate of drug-likeness (QED) is 0.326. The van der Waals surface area contributed by atoms with Crippen LogP contribution in [0.1, 0.15) is 11.1 Å². The van der Waals surface area contributed by atoms with Gasteiger partial charge in [-0.3, -0.25) is 10.2 Å². The number of ether oxygens (including phenoxy) is 2. The van der Waals surface area contributed by atoms with Crippen molar-refractivity contribution in [2.24, 2.45) is 10.1 Å². The van der Waals surface area contributed by atoms with Gasteiger partial charge in [0, 0.05) is 16.9 Å². The molecule has 35 heavy (non-hydrogen) atoms. The summed E-state index contributed by atoms with van der Waals surface area (Å²) in [6.07, 6.45) is 2.50. The van der Waals surface area contributed by atoms with E-state index in [9.17, 15) is 13.2 Å². The first kappa shape index (κ1) is 25.0. The third-order valence-electron chi connectivity index (χ3n) is 4.88. The summed E-state index contributed by atoms with van der Waals surface area (Å²) >= 11 is 2.44. The molecular formula is C23H22N4O5S3. The van der Waals surface area contributed by atoms with Crippen LogP contribution >= 0.6 is 23.5 Å². The number of thioether (sulfide) groups is 2. The van der Waals surface area contributed by atoms with Crippen LogP contribution in [-0.2, 0) is 14.6 Å². The maximum Gasteiger partial charge on any atom is 0.283 e. The smallest absolute Gasteiger partial charge is 0.283 e. The maximum atomic E-state index is 12.5. The third-order valence-corrected chi connectivity index (χ3v) is 8.44. The van der Waals surface area contributed by atoms with Crippen molar-refractivity contribution in [2.45, 2.75) is 11.8 Å². The van der Waals surface area contributed by atoms with Crippen LogP contribution in [0, 0.1) is 12.3 Å². The summed E-state index contributed by atoms with van der Waals surface area (Å²) in [5.74, 6) is 0.897. The molecule has 2 aliphatic heterocycles. The Bertz CT molecular complexity index is 1380. The lowest BCUT2D eigenvalue weighted by Crippen LogP contribution is -2.35. The predicted octanol–water partition coefficient (Wildman–Crippen LogP) is 3.80. The highest BCUT2D eigenvalue weighted by molar-refractivity contribution is 8.42. The van der Waals surface area contributed by atoms with Crippen molar-refractivity contribution >= 4 is 60.7 Å². The summed E-state index contributed by atoms with van der Waals surface area (Å²) in [6.45, 7) is 2.53. The Hall–Kier alpha value is -3.09. The summed E-state index contributed by atoms with van der Waals surface area (Å²) in [4.78, 5) is 17.6. The molecule has 2 aromatic rings. The molecule has 2 aliphatic rings. The van der Waals surface area contributed by atoms with E-state index in [2.05, 4.69) is 41.3 Å². The van der Waals surface area contributed by atoms with Gasteiger partial charge in [0.2, 0.25) is 19.4 Å². The van der Waals surface area contributed by atoms with Crippen molar-refractivity contribution < 1.29 is 22.7 Å². The first-order chi connectivity index (χ1) is 16.7. The monoisotopic (exact) mass is 530 g/mol. The Balaban J connectivity index is 1.46. The normalized spacial score (nSPS) is 16.8. The number of sulfone groups is 1. The minimum Gasteiger partial charge on any atom is -0.493 e. The minimum atomic E-state index is -3.59. The summed E-state index contributed by atoms with van der Waals surface area (Å²) in [6, 6.07) is 13.5. The van der Waals surface area contributed by atoms with E-state index < -0.39 is 15.7 Å². The van der Waals surface area contributed by atoms with Gasteiger partial charge >= 0.3 is 0 Å². The van der Waals surface area contributed by atoms with Crippen molar-refractivity contribution in [3.8, 4) is 11.5 Å². The highest BCUT2D eigenvalue weighted by Gasteiger charge is 2.38. The third kappa shape index (κ3) is 5.77. The summed E-state index contributed by atoms with van der Waals surface area (Å²) in [7, 11) is -2.07. The zero-order valence-electron chi connectivity index (χ0n) is 19.1. The molecule has 9 nitrogen and oxygen atoms in total. The van der Waals surface area contributed by atoms with Gasteiger partial charge in [0.05, 0.1) is 19.3 Å². The molecule has 1 N–H and O–H groups in total. The maximum absolute atomic E-state index is 12.5. The van der Waals surface area contributed by atoms with E-state index in [-0.39, 0.29) is 21.0 Å². The van der Waals surface area contributed by atoms with Gasteiger partial charge in [-0.15, -0.1) is 16.9 Å². The standard InChI is InChI=1S/C23H22N4O5S3/c1-14-4-7-16(8-5-14)33-11-10-32-18-9-6-15(13-19(18)31-2)12-17-20(24)27-22(25-21(17)28)34-23(26-27)35(3,29)30/h4-9,12-13,24H,10-11H2,1-3H3/b17-12-,24-20?. The molecule has 0 unspecified atom stereocenters. The van der Waals surface area contributed by atoms with Gasteiger partial charge in [-0.2, -0.15) is 10.0 Å². The zero-order chi connectivity index (χ0) is 25.2. The molecule has 0 aromatic heterocycles. The number of nitrogens with zero attached hydrogens (tertiary/aromatic N) is 3. The van der Waals surface area contributed by atoms with Crippen LogP contribution < -0.4 is 9.47 Å². The molecule has 182 valence electrons. The molecule has 0 fully saturated rings. The lowest BCUT2D eigenvalue weighted by atomic mass is 10.1. The van der Waals surface area contributed by atoms with Crippen LogP contribution in [0.2, 0.25) is 0 Å². The number of carbonyl (C=O) groups excluding carboxylic acids is 1. The molecule has 0 atom stereocenters. The Morgan fingerprint density at radius 1 is 1.17 bits per heavy atom. The number of methoxy groups -OCH3 is 1. The lowest BCUT2D eigenvalue weighted by molar-refractivity contribution is -0.114. The second-order valence-corrected chi connectivity index (χ2v) is 11.9. The summed E-state index contributed by atoms with van der Waals surface area (Å²) in [5, 5.41) is 13.4. The van der Waals surface area contributed by atoms with Crippen molar-refractivity contribution in [2.75, 3.05) is 25.7 Å². The molecule has 0 bridgehead atoms. The minimum absolute atomic E-state index is 0.0157. The van der Waals surface area contributed by atoms with Gasteiger partial charge < -0.3 is 9.47 Å². The van der Waals surface area contributed by atoms with Crippen LogP contribution in [0.3, 0.4) is 0 Å². The van der Waals surface area contributed by atoms with Crippen LogP contribution in [-0.4, -0.2) is 60.4 Å². The van der Waals surface area contributed by atoms with Crippen molar-refractivity contribution in [1.82, 2.24) is 5.01 Å². The van der Waals surface area contributed by atoms with Crippen molar-refractivity contribution in [1.29, 1.82) is 5.41 Å². The van der Waals surface area contributed by atoms with Crippen LogP contribution in [0.25, 0.3) is 6.08 Å². The largest absolute Gasteiger partial charge is 0.493 e. The number of fused-ring (bicyclic) bond motifs is 1. The number of nitrogens with one attached hydrogen (secondary N) is 1. The molecule has 12 heteroatoms. The predicted molar refractivity (Wildman–Crippen MR) is 140 cm³/mol. The number of hydrogen-bond acceptors (Lipinski definition) is 9. The number of benzene rings is 2. The summed E-state index contributed by atoms with van der Waals surface area (Å²) in [5.41, 5.74) is 1.79. The molecule has 0 spiro atoms. The van der Waals surface area contributed by atoms with Gasteiger partial charge in [-0.1, -0.05) is 23.8 Å². The summed E-state index contributed by atoms with van der Waals surface area (Å²) < 4.78 is 34.7. The average Bonchev–Trinajstić information content (AvgIpc) is 3.26. The molecule has 0 saturated heterocycles. The van der Waals surface area contributed by atoms with Gasteiger partial charge in [0.25, 0.3) is 5.91 Å². The zero-order valence-corrected chi connectivity index (χ0v) is 21.6. The van der Waals surface area contributed by atoms with Gasteiger partial charge in [0.15, 0.2) is 17.3 Å². The number of aryl methyl sites for hydroxylation is 1. The van der Waals surface area contributed by atoms with Gasteiger partial charge in [-0.25, -0.2) is 8.42 Å². The first-order valence-electron chi connectivity index (χ1n) is 10.4. The second kappa shape index (κ2) is 10.3. The molecule has 2 aromatic carbocycles. The Labute approximate surface area is 211 Å². The van der Waals surface area contributed by atoms with E-state index >= 15 is 0 Å². The molecule has 2 heterocycles. The number of carbonyl (C=O) groups is 1. The van der Waals surface area contributed by atoms with E-state index in [0.717, 1.165) is 28.8 Å². The van der Waals surface area contributed by atoms with Gasteiger partial charge in [0.1, 0.15) is 0 Å². The molecular weight excluding hydrogens is 508 g/mol. The number of amidine groups is 2. The highest BCUT2D eigenvalue weighted by atomic mass is 32.3. The molecule has 4 rings (SSSR count). The molecule has 1 amide bonds. The topological polar surface area (TPSA) is 121 Å². The number of hydrogen-bond donors (Lipinski definition) is 1. The molecule has 0 radical (unpaired) electrons. The second-order valence-electron chi connectivity index (χ2n) is 7.58. The fourth-order valence-corrected chi connectivity index (χ4v) is 5.55. The Kier molecular flexibility index (Phi) is 7.33. The fourth-order valence-electron chi connectivity index (χ4n) is 3.13. The van der Waals surface area contributed by atoms with Crippen LogP contribution in [0.5, 0.6) is 11.5 Å². The number of amides is 1. The molecule has 0 saturated carbocycles. The number of aliphatic imine (C=N–C) groups is 1. The SMILES string of the molecule is COc1cc(/C=C2/C(=N)N3N=C(S(C)(=O)=O)SC3=NC2=O)ccc1OCCSc1ccc(C)cc1. The number of hydrazone groups is 1. The fraction of sp³-hybridized carbons (Fsp3) is 0.217. The molecule has 0 aliphatic carbocycles. The van der Waals surface area contributed by atoms with Crippen molar-refractivity contribution in [3.63, 3.8) is 0 Å². The van der Waals surface area contributed by atoms with Gasteiger partial charge in [-0.05, 0) is 54.6 Å². The van der Waals surface area contributed by atoms with E-state index in [1.165, 1.54) is 23.6 Å². The lowest BCUT2D eigenvalue weighted by Gasteiger charge is -2.20. The highest BCUT2D eigenvalue weighted by Crippen LogP contribution is 2.32. The Morgan fingerprint density at radius 2 is 1.91 bits per heavy atom. The Morgan fingerprint density at radius 3 is 2.60 bits per heavy atom. The van der Waals surface area contributed by atoms with E-state index in [4.69, 9.17) is 14.9 Å². The van der Waals surface area contributed by atoms with E-state index in [1.807, 2.05) is 0 Å². The van der Waals surface area contributed by atoms with E-state index in [0.29, 0.717) is 23.7 Å². The number of rotatable bonds is 7. The van der Waals surface area contributed by atoms with Crippen molar-refractivity contribution in [3.05, 3.63) is 59.2 Å². The van der Waals surface area contributed by atoms with Crippen LogP contribution in [0.15, 0.2) is 63.0 Å². The average molecular weight is 531 g/mol. The van der Waals surface area contributed by atoms with Crippen LogP contribution in [0.4, 0.5) is 0 Å².